The Bertz CT molecular complexity index is 402. The largest absolute Gasteiger partial charge is 0.352 e. The summed E-state index contributed by atoms with van der Waals surface area (Å²) in [6.45, 7) is 4.12. The van der Waals surface area contributed by atoms with Gasteiger partial charge < -0.3 is 10.2 Å². The van der Waals surface area contributed by atoms with Gasteiger partial charge in [-0.2, -0.15) is 0 Å². The van der Waals surface area contributed by atoms with Crippen molar-refractivity contribution in [2.24, 2.45) is 0 Å². The predicted octanol–water partition coefficient (Wildman–Crippen LogP) is 2.38. The molecule has 0 bridgehead atoms. The Labute approximate surface area is 119 Å². The van der Waals surface area contributed by atoms with Gasteiger partial charge in [0.25, 0.3) is 0 Å². The highest BCUT2D eigenvalue weighted by atomic mass is 32.2. The standard InChI is InChI=1S/C15H22N2OS/c1-12(19-14-6-4-3-5-7-14)15(18)16-13-8-10-17(2)11-9-13/h3-7,12-13H,8-11H2,1-2H3,(H,16,18). The van der Waals surface area contributed by atoms with Gasteiger partial charge >= 0.3 is 0 Å². The first-order valence-electron chi connectivity index (χ1n) is 6.86. The van der Waals surface area contributed by atoms with Gasteiger partial charge in [0.1, 0.15) is 0 Å². The second-order valence-electron chi connectivity index (χ2n) is 5.16. The third-order valence-electron chi connectivity index (χ3n) is 3.49. The van der Waals surface area contributed by atoms with Gasteiger partial charge in [-0.15, -0.1) is 11.8 Å². The smallest absolute Gasteiger partial charge is 0.233 e. The molecule has 1 fully saturated rings. The lowest BCUT2D eigenvalue weighted by Crippen LogP contribution is -2.45. The quantitative estimate of drug-likeness (QED) is 0.858. The lowest BCUT2D eigenvalue weighted by atomic mass is 10.1. The van der Waals surface area contributed by atoms with Crippen molar-refractivity contribution in [3.63, 3.8) is 0 Å². The molecule has 1 aliphatic heterocycles. The molecule has 0 spiro atoms. The van der Waals surface area contributed by atoms with Crippen LogP contribution in [0.2, 0.25) is 0 Å². The number of nitrogens with zero attached hydrogens (tertiary/aromatic N) is 1. The van der Waals surface area contributed by atoms with Gasteiger partial charge in [-0.05, 0) is 52.0 Å². The Morgan fingerprint density at radius 1 is 1.32 bits per heavy atom. The molecule has 1 N–H and O–H groups in total. The lowest BCUT2D eigenvalue weighted by Gasteiger charge is -2.30. The number of piperidine rings is 1. The fourth-order valence-electron chi connectivity index (χ4n) is 2.23. The van der Waals surface area contributed by atoms with Crippen LogP contribution in [0, 0.1) is 0 Å². The van der Waals surface area contributed by atoms with Crippen molar-refractivity contribution in [3.8, 4) is 0 Å². The maximum absolute atomic E-state index is 12.2. The second-order valence-corrected chi connectivity index (χ2v) is 6.57. The molecule has 0 aromatic heterocycles. The Hall–Kier alpha value is -1.00. The van der Waals surface area contributed by atoms with Gasteiger partial charge in [-0.25, -0.2) is 0 Å². The van der Waals surface area contributed by atoms with Crippen molar-refractivity contribution in [3.05, 3.63) is 30.3 Å². The van der Waals surface area contributed by atoms with Crippen molar-refractivity contribution < 1.29 is 4.79 Å². The first kappa shape index (κ1) is 14.4. The van der Waals surface area contributed by atoms with Crippen LogP contribution in [-0.2, 0) is 4.79 Å². The van der Waals surface area contributed by atoms with Crippen LogP contribution in [0.25, 0.3) is 0 Å². The molecule has 1 aromatic carbocycles. The summed E-state index contributed by atoms with van der Waals surface area (Å²) in [5, 5.41) is 3.13. The number of carbonyl (C=O) groups is 1. The molecule has 1 unspecified atom stereocenters. The van der Waals surface area contributed by atoms with Crippen LogP contribution in [0.15, 0.2) is 35.2 Å². The van der Waals surface area contributed by atoms with Gasteiger partial charge in [0.2, 0.25) is 5.91 Å². The fourth-order valence-corrected chi connectivity index (χ4v) is 3.13. The third kappa shape index (κ3) is 4.55. The van der Waals surface area contributed by atoms with E-state index in [9.17, 15) is 4.79 Å². The average molecular weight is 278 g/mol. The minimum atomic E-state index is -0.0398. The molecule has 0 saturated carbocycles. The highest BCUT2D eigenvalue weighted by Gasteiger charge is 2.21. The second kappa shape index (κ2) is 6.96. The molecule has 1 aromatic rings. The van der Waals surface area contributed by atoms with Crippen molar-refractivity contribution in [1.82, 2.24) is 10.2 Å². The summed E-state index contributed by atoms with van der Waals surface area (Å²) in [4.78, 5) is 15.6. The van der Waals surface area contributed by atoms with E-state index in [0.29, 0.717) is 6.04 Å². The summed E-state index contributed by atoms with van der Waals surface area (Å²) >= 11 is 1.62. The molecular formula is C15H22N2OS. The molecule has 1 aliphatic rings. The summed E-state index contributed by atoms with van der Waals surface area (Å²) in [7, 11) is 2.13. The van der Waals surface area contributed by atoms with E-state index in [4.69, 9.17) is 0 Å². The average Bonchev–Trinajstić information content (AvgIpc) is 2.42. The van der Waals surface area contributed by atoms with E-state index < -0.39 is 0 Å². The SMILES string of the molecule is CC(Sc1ccccc1)C(=O)NC1CCN(C)CC1. The molecule has 1 amide bonds. The molecule has 19 heavy (non-hydrogen) atoms. The summed E-state index contributed by atoms with van der Waals surface area (Å²) in [6, 6.07) is 10.4. The minimum Gasteiger partial charge on any atom is -0.352 e. The van der Waals surface area contributed by atoms with Crippen molar-refractivity contribution in [2.75, 3.05) is 20.1 Å². The minimum absolute atomic E-state index is 0.0398. The van der Waals surface area contributed by atoms with E-state index in [1.165, 1.54) is 0 Å². The Morgan fingerprint density at radius 3 is 2.58 bits per heavy atom. The number of thioether (sulfide) groups is 1. The predicted molar refractivity (Wildman–Crippen MR) is 80.4 cm³/mol. The topological polar surface area (TPSA) is 32.3 Å². The van der Waals surface area contributed by atoms with Gasteiger partial charge in [-0.3, -0.25) is 4.79 Å². The molecule has 1 atom stereocenters. The zero-order valence-electron chi connectivity index (χ0n) is 11.6. The number of hydrogen-bond acceptors (Lipinski definition) is 3. The van der Waals surface area contributed by atoms with Gasteiger partial charge in [-0.1, -0.05) is 18.2 Å². The Balaban J connectivity index is 1.79. The van der Waals surface area contributed by atoms with Crippen LogP contribution in [0.5, 0.6) is 0 Å². The van der Waals surface area contributed by atoms with Crippen molar-refractivity contribution in [2.45, 2.75) is 36.0 Å². The van der Waals surface area contributed by atoms with Crippen molar-refractivity contribution >= 4 is 17.7 Å². The zero-order valence-corrected chi connectivity index (χ0v) is 12.5. The molecule has 3 nitrogen and oxygen atoms in total. The van der Waals surface area contributed by atoms with Crippen LogP contribution in [0.4, 0.5) is 0 Å². The molecular weight excluding hydrogens is 256 g/mol. The van der Waals surface area contributed by atoms with E-state index in [2.05, 4.69) is 17.3 Å². The highest BCUT2D eigenvalue weighted by molar-refractivity contribution is 8.00. The molecule has 1 heterocycles. The molecule has 104 valence electrons. The van der Waals surface area contributed by atoms with Crippen LogP contribution in [-0.4, -0.2) is 42.2 Å². The zero-order chi connectivity index (χ0) is 13.7. The molecule has 1 saturated heterocycles. The number of benzene rings is 1. The van der Waals surface area contributed by atoms with Crippen molar-refractivity contribution in [1.29, 1.82) is 0 Å². The normalized spacial score (nSPS) is 19.1. The van der Waals surface area contributed by atoms with E-state index in [-0.39, 0.29) is 11.2 Å². The number of carbonyl (C=O) groups excluding carboxylic acids is 1. The maximum atomic E-state index is 12.2. The summed E-state index contributed by atoms with van der Waals surface area (Å²) in [6.07, 6.45) is 2.12. The van der Waals surface area contributed by atoms with E-state index in [0.717, 1.165) is 30.8 Å². The summed E-state index contributed by atoms with van der Waals surface area (Å²) in [5.41, 5.74) is 0. The third-order valence-corrected chi connectivity index (χ3v) is 4.60. The number of nitrogens with one attached hydrogen (secondary N) is 1. The monoisotopic (exact) mass is 278 g/mol. The maximum Gasteiger partial charge on any atom is 0.233 e. The van der Waals surface area contributed by atoms with Gasteiger partial charge in [0, 0.05) is 10.9 Å². The summed E-state index contributed by atoms with van der Waals surface area (Å²) < 4.78 is 0. The number of rotatable bonds is 4. The first-order chi connectivity index (χ1) is 9.15. The Kier molecular flexibility index (Phi) is 5.28. The van der Waals surface area contributed by atoms with Gasteiger partial charge in [0.15, 0.2) is 0 Å². The Morgan fingerprint density at radius 2 is 1.95 bits per heavy atom. The molecule has 0 radical (unpaired) electrons. The summed E-state index contributed by atoms with van der Waals surface area (Å²) in [5.74, 6) is 0.156. The number of likely N-dealkylation sites (tertiary alicyclic amines) is 1. The lowest BCUT2D eigenvalue weighted by molar-refractivity contribution is -0.121. The van der Waals surface area contributed by atoms with Crippen LogP contribution in [0.1, 0.15) is 19.8 Å². The van der Waals surface area contributed by atoms with E-state index >= 15 is 0 Å². The fraction of sp³-hybridized carbons (Fsp3) is 0.533. The van der Waals surface area contributed by atoms with Crippen LogP contribution < -0.4 is 5.32 Å². The van der Waals surface area contributed by atoms with E-state index in [1.54, 1.807) is 11.8 Å². The molecule has 4 heteroatoms. The first-order valence-corrected chi connectivity index (χ1v) is 7.74. The van der Waals surface area contributed by atoms with Crippen LogP contribution in [0.3, 0.4) is 0 Å². The molecule has 2 rings (SSSR count). The highest BCUT2D eigenvalue weighted by Crippen LogP contribution is 2.23. The van der Waals surface area contributed by atoms with Crippen LogP contribution >= 0.6 is 11.8 Å². The number of amides is 1. The molecule has 0 aliphatic carbocycles. The number of hydrogen-bond donors (Lipinski definition) is 1. The van der Waals surface area contributed by atoms with E-state index in [1.807, 2.05) is 37.3 Å². The van der Waals surface area contributed by atoms with Gasteiger partial charge in [0.05, 0.1) is 5.25 Å².